The van der Waals surface area contributed by atoms with Crippen LogP contribution in [0.4, 0.5) is 18.3 Å². The number of anilines is 1. The number of amides is 1. The standard InChI is InChI=1S/C16H11F3N2O2S2/c17-16(18,19)23-11-5-3-10(4-6-11)8-12-9-20-15(25-12)21-14(22)13-2-1-7-24-13/h1-7,9H,8H2,(H,20,21,22). The molecule has 3 aromatic rings. The number of benzene rings is 1. The molecule has 0 bridgehead atoms. The van der Waals surface area contributed by atoms with Crippen LogP contribution in [0.3, 0.4) is 0 Å². The molecule has 0 fully saturated rings. The van der Waals surface area contributed by atoms with E-state index in [1.165, 1.54) is 34.8 Å². The van der Waals surface area contributed by atoms with Crippen LogP contribution < -0.4 is 10.1 Å². The zero-order valence-corrected chi connectivity index (χ0v) is 14.2. The Balaban J connectivity index is 1.60. The molecule has 0 radical (unpaired) electrons. The highest BCUT2D eigenvalue weighted by atomic mass is 32.1. The van der Waals surface area contributed by atoms with Crippen LogP contribution in [0, 0.1) is 0 Å². The maximum absolute atomic E-state index is 12.1. The Bertz CT molecular complexity index is 843. The van der Waals surface area contributed by atoms with Crippen LogP contribution in [0.25, 0.3) is 0 Å². The first-order valence-corrected chi connectivity index (χ1v) is 8.73. The molecule has 1 amide bonds. The highest BCUT2D eigenvalue weighted by Crippen LogP contribution is 2.25. The molecule has 4 nitrogen and oxygen atoms in total. The first-order chi connectivity index (χ1) is 11.9. The summed E-state index contributed by atoms with van der Waals surface area (Å²) in [6, 6.07) is 9.17. The minimum absolute atomic E-state index is 0.218. The van der Waals surface area contributed by atoms with Crippen molar-refractivity contribution in [2.24, 2.45) is 0 Å². The number of nitrogens with one attached hydrogen (secondary N) is 1. The van der Waals surface area contributed by atoms with Crippen LogP contribution in [0.2, 0.25) is 0 Å². The van der Waals surface area contributed by atoms with Crippen molar-refractivity contribution in [1.82, 2.24) is 4.98 Å². The van der Waals surface area contributed by atoms with E-state index in [1.807, 2.05) is 5.38 Å². The Kier molecular flexibility index (Phi) is 5.05. The van der Waals surface area contributed by atoms with E-state index in [1.54, 1.807) is 30.5 Å². The topological polar surface area (TPSA) is 51.2 Å². The molecule has 0 unspecified atom stereocenters. The van der Waals surface area contributed by atoms with Crippen LogP contribution >= 0.6 is 22.7 Å². The van der Waals surface area contributed by atoms with Gasteiger partial charge in [0.25, 0.3) is 5.91 Å². The van der Waals surface area contributed by atoms with Gasteiger partial charge in [0, 0.05) is 17.5 Å². The number of thiazole rings is 1. The van der Waals surface area contributed by atoms with Gasteiger partial charge in [-0.3, -0.25) is 10.1 Å². The lowest BCUT2D eigenvalue weighted by Crippen LogP contribution is -2.17. The fourth-order valence-electron chi connectivity index (χ4n) is 2.02. The molecule has 1 aromatic carbocycles. The summed E-state index contributed by atoms with van der Waals surface area (Å²) in [4.78, 5) is 17.6. The van der Waals surface area contributed by atoms with Gasteiger partial charge < -0.3 is 4.74 Å². The average Bonchev–Trinajstić information content (AvgIpc) is 3.20. The lowest BCUT2D eigenvalue weighted by atomic mass is 10.1. The molecular weight excluding hydrogens is 373 g/mol. The van der Waals surface area contributed by atoms with Crippen molar-refractivity contribution in [2.45, 2.75) is 12.8 Å². The van der Waals surface area contributed by atoms with Gasteiger partial charge in [-0.25, -0.2) is 4.98 Å². The van der Waals surface area contributed by atoms with E-state index < -0.39 is 6.36 Å². The first-order valence-electron chi connectivity index (χ1n) is 7.03. The SMILES string of the molecule is O=C(Nc1ncc(Cc2ccc(OC(F)(F)F)cc2)s1)c1cccs1. The summed E-state index contributed by atoms with van der Waals surface area (Å²) in [7, 11) is 0. The number of aromatic nitrogens is 1. The zero-order valence-electron chi connectivity index (χ0n) is 12.5. The number of hydrogen-bond donors (Lipinski definition) is 1. The van der Waals surface area contributed by atoms with E-state index >= 15 is 0 Å². The average molecular weight is 384 g/mol. The molecule has 0 aliphatic rings. The Morgan fingerprint density at radius 2 is 1.96 bits per heavy atom. The van der Waals surface area contributed by atoms with Crippen LogP contribution in [-0.2, 0) is 6.42 Å². The van der Waals surface area contributed by atoms with Gasteiger partial charge >= 0.3 is 6.36 Å². The van der Waals surface area contributed by atoms with Crippen molar-refractivity contribution >= 4 is 33.7 Å². The Morgan fingerprint density at radius 3 is 2.60 bits per heavy atom. The maximum Gasteiger partial charge on any atom is 0.573 e. The molecule has 2 aromatic heterocycles. The second kappa shape index (κ2) is 7.24. The number of ether oxygens (including phenoxy) is 1. The zero-order chi connectivity index (χ0) is 17.9. The van der Waals surface area contributed by atoms with Gasteiger partial charge in [0.15, 0.2) is 5.13 Å². The highest BCUT2D eigenvalue weighted by Gasteiger charge is 2.30. The van der Waals surface area contributed by atoms with Crippen molar-refractivity contribution in [2.75, 3.05) is 5.32 Å². The third-order valence-electron chi connectivity index (χ3n) is 3.05. The molecule has 9 heteroatoms. The van der Waals surface area contributed by atoms with E-state index in [9.17, 15) is 18.0 Å². The summed E-state index contributed by atoms with van der Waals surface area (Å²) in [6.07, 6.45) is -2.57. The van der Waals surface area contributed by atoms with Crippen LogP contribution in [0.15, 0.2) is 48.0 Å². The normalized spacial score (nSPS) is 11.3. The maximum atomic E-state index is 12.1. The minimum Gasteiger partial charge on any atom is -0.406 e. The van der Waals surface area contributed by atoms with Gasteiger partial charge in [0.2, 0.25) is 0 Å². The summed E-state index contributed by atoms with van der Waals surface area (Å²) in [5.41, 5.74) is 0.814. The van der Waals surface area contributed by atoms with Gasteiger partial charge in [0.1, 0.15) is 5.75 Å². The molecule has 0 saturated heterocycles. The molecule has 0 spiro atoms. The summed E-state index contributed by atoms with van der Waals surface area (Å²) < 4.78 is 40.2. The monoisotopic (exact) mass is 384 g/mol. The van der Waals surface area contributed by atoms with Gasteiger partial charge in [-0.1, -0.05) is 18.2 Å². The van der Waals surface area contributed by atoms with Crippen molar-refractivity contribution in [3.8, 4) is 5.75 Å². The minimum atomic E-state index is -4.70. The number of halogens is 3. The van der Waals surface area contributed by atoms with E-state index in [0.717, 1.165) is 10.4 Å². The molecule has 0 aliphatic heterocycles. The molecule has 0 atom stereocenters. The fourth-order valence-corrected chi connectivity index (χ4v) is 3.48. The van der Waals surface area contributed by atoms with Crippen LogP contribution in [0.1, 0.15) is 20.1 Å². The lowest BCUT2D eigenvalue weighted by molar-refractivity contribution is -0.274. The fraction of sp³-hybridized carbons (Fsp3) is 0.125. The number of rotatable bonds is 5. The predicted molar refractivity (Wildman–Crippen MR) is 90.3 cm³/mol. The van der Waals surface area contributed by atoms with Gasteiger partial charge in [-0.15, -0.1) is 35.8 Å². The summed E-state index contributed by atoms with van der Waals surface area (Å²) >= 11 is 2.66. The van der Waals surface area contributed by atoms with E-state index in [0.29, 0.717) is 16.4 Å². The predicted octanol–water partition coefficient (Wildman–Crippen LogP) is 4.95. The number of carbonyl (C=O) groups excluding carboxylic acids is 1. The third-order valence-corrected chi connectivity index (χ3v) is 4.84. The quantitative estimate of drug-likeness (QED) is 0.677. The molecule has 1 N–H and O–H groups in total. The van der Waals surface area contributed by atoms with Crippen molar-refractivity contribution in [1.29, 1.82) is 0 Å². The molecule has 25 heavy (non-hydrogen) atoms. The summed E-state index contributed by atoms with van der Waals surface area (Å²) in [5, 5.41) is 5.01. The van der Waals surface area contributed by atoms with Crippen molar-refractivity contribution in [3.05, 3.63) is 63.3 Å². The molecule has 130 valence electrons. The van der Waals surface area contributed by atoms with Crippen LogP contribution in [0.5, 0.6) is 5.75 Å². The van der Waals surface area contributed by atoms with E-state index in [4.69, 9.17) is 0 Å². The third kappa shape index (κ3) is 5.04. The van der Waals surface area contributed by atoms with Crippen LogP contribution in [-0.4, -0.2) is 17.3 Å². The molecule has 0 aliphatic carbocycles. The van der Waals surface area contributed by atoms with Gasteiger partial charge in [0.05, 0.1) is 4.88 Å². The van der Waals surface area contributed by atoms with Gasteiger partial charge in [-0.05, 0) is 29.1 Å². The number of hydrogen-bond acceptors (Lipinski definition) is 5. The second-order valence-electron chi connectivity index (χ2n) is 4.93. The molecule has 3 rings (SSSR count). The smallest absolute Gasteiger partial charge is 0.406 e. The van der Waals surface area contributed by atoms with E-state index in [-0.39, 0.29) is 11.7 Å². The number of alkyl halides is 3. The molecular formula is C16H11F3N2O2S2. The number of thiophene rings is 1. The highest BCUT2D eigenvalue weighted by molar-refractivity contribution is 7.16. The Morgan fingerprint density at radius 1 is 1.20 bits per heavy atom. The summed E-state index contributed by atoms with van der Waals surface area (Å²) in [6.45, 7) is 0. The number of nitrogens with zero attached hydrogens (tertiary/aromatic N) is 1. The lowest BCUT2D eigenvalue weighted by Gasteiger charge is -2.08. The van der Waals surface area contributed by atoms with E-state index in [2.05, 4.69) is 15.0 Å². The van der Waals surface area contributed by atoms with Gasteiger partial charge in [-0.2, -0.15) is 0 Å². The molecule has 0 saturated carbocycles. The largest absolute Gasteiger partial charge is 0.573 e. The Hall–Kier alpha value is -2.39. The Labute approximate surface area is 148 Å². The number of carbonyl (C=O) groups is 1. The second-order valence-corrected chi connectivity index (χ2v) is 6.99. The van der Waals surface area contributed by atoms with Crippen molar-refractivity contribution < 1.29 is 22.7 Å². The molecule has 2 heterocycles. The first kappa shape index (κ1) is 17.4. The summed E-state index contributed by atoms with van der Waals surface area (Å²) in [5.74, 6) is -0.478. The van der Waals surface area contributed by atoms with Crippen molar-refractivity contribution in [3.63, 3.8) is 0 Å².